The zero-order valence-electron chi connectivity index (χ0n) is 21.7. The molecule has 1 atom stereocenters. The van der Waals surface area contributed by atoms with Gasteiger partial charge >= 0.3 is 12.1 Å². The van der Waals surface area contributed by atoms with Crippen molar-refractivity contribution >= 4 is 17.7 Å². The average molecular weight is 520 g/mol. The highest BCUT2D eigenvalue weighted by Crippen LogP contribution is 2.31. The van der Waals surface area contributed by atoms with Crippen LogP contribution in [0.15, 0.2) is 66.9 Å². The van der Waals surface area contributed by atoms with E-state index in [4.69, 9.17) is 18.9 Å². The SMILES string of the molecule is CCCCOC(=O)NC1CCCCN1c1cnc(Oc2ccc(Oc3ccccc3)cc2)c(C(=O)OC)c1. The number of methoxy groups -OCH3 is 1. The number of pyridine rings is 1. The van der Waals surface area contributed by atoms with Gasteiger partial charge in [0.15, 0.2) is 0 Å². The summed E-state index contributed by atoms with van der Waals surface area (Å²) in [5.41, 5.74) is 0.868. The Kier molecular flexibility index (Phi) is 9.39. The van der Waals surface area contributed by atoms with Crippen LogP contribution < -0.4 is 19.7 Å². The first-order chi connectivity index (χ1) is 18.6. The number of esters is 1. The van der Waals surface area contributed by atoms with Gasteiger partial charge in [0.25, 0.3) is 0 Å². The number of unbranched alkanes of at least 4 members (excludes halogenated alkanes) is 1. The third-order valence-corrected chi connectivity index (χ3v) is 6.11. The number of para-hydroxylation sites is 1. The molecule has 1 aliphatic heterocycles. The second-order valence-electron chi connectivity index (χ2n) is 8.87. The molecule has 9 heteroatoms. The fourth-order valence-electron chi connectivity index (χ4n) is 4.13. The second-order valence-corrected chi connectivity index (χ2v) is 8.87. The van der Waals surface area contributed by atoms with E-state index in [1.807, 2.05) is 42.2 Å². The van der Waals surface area contributed by atoms with E-state index in [1.54, 1.807) is 36.5 Å². The summed E-state index contributed by atoms with van der Waals surface area (Å²) < 4.78 is 22.1. The third kappa shape index (κ3) is 7.15. The molecule has 0 radical (unpaired) electrons. The van der Waals surface area contributed by atoms with Gasteiger partial charge in [-0.15, -0.1) is 0 Å². The van der Waals surface area contributed by atoms with E-state index in [1.165, 1.54) is 7.11 Å². The Hall–Kier alpha value is -4.27. The van der Waals surface area contributed by atoms with Crippen molar-refractivity contribution < 1.29 is 28.5 Å². The summed E-state index contributed by atoms with van der Waals surface area (Å²) in [6.07, 6.45) is 5.36. The van der Waals surface area contributed by atoms with Gasteiger partial charge in [0.2, 0.25) is 5.88 Å². The van der Waals surface area contributed by atoms with Crippen molar-refractivity contribution in [1.29, 1.82) is 0 Å². The predicted molar refractivity (Wildman–Crippen MR) is 143 cm³/mol. The van der Waals surface area contributed by atoms with Crippen molar-refractivity contribution in [3.05, 3.63) is 72.4 Å². The van der Waals surface area contributed by atoms with Crippen molar-refractivity contribution in [3.8, 4) is 23.1 Å². The fraction of sp³-hybridized carbons (Fsp3) is 0.345. The Labute approximate surface area is 222 Å². The number of rotatable bonds is 10. The Bertz CT molecular complexity index is 1200. The number of anilines is 1. The number of nitrogens with one attached hydrogen (secondary N) is 1. The van der Waals surface area contributed by atoms with Crippen LogP contribution in [0.25, 0.3) is 0 Å². The highest BCUT2D eigenvalue weighted by Gasteiger charge is 2.27. The van der Waals surface area contributed by atoms with Gasteiger partial charge in [0.1, 0.15) is 29.0 Å². The van der Waals surface area contributed by atoms with Crippen LogP contribution in [0.4, 0.5) is 10.5 Å². The smallest absolute Gasteiger partial charge is 0.408 e. The molecule has 1 fully saturated rings. The van der Waals surface area contributed by atoms with Crippen LogP contribution in [-0.4, -0.2) is 43.5 Å². The number of hydrogen-bond acceptors (Lipinski definition) is 8. The van der Waals surface area contributed by atoms with Gasteiger partial charge in [-0.05, 0) is 68.1 Å². The molecule has 38 heavy (non-hydrogen) atoms. The van der Waals surface area contributed by atoms with Gasteiger partial charge in [-0.3, -0.25) is 0 Å². The first kappa shape index (κ1) is 26.8. The number of benzene rings is 2. The Morgan fingerprint density at radius 3 is 2.42 bits per heavy atom. The first-order valence-corrected chi connectivity index (χ1v) is 12.9. The standard InChI is InChI=1S/C29H33N3O6/c1-3-4-18-36-29(34)31-26-12-8-9-17-32(26)21-19-25(28(33)35-2)27(30-20-21)38-24-15-13-23(14-16-24)37-22-10-6-5-7-11-22/h5-7,10-11,13-16,19-20,26H,3-4,8-9,12,17-18H2,1-2H3,(H,31,34). The van der Waals surface area contributed by atoms with E-state index >= 15 is 0 Å². The molecule has 1 aromatic heterocycles. The van der Waals surface area contributed by atoms with E-state index in [0.29, 0.717) is 30.3 Å². The molecule has 1 aliphatic rings. The van der Waals surface area contributed by atoms with Crippen LogP contribution in [0, 0.1) is 0 Å². The molecule has 3 aromatic rings. The normalized spacial score (nSPS) is 14.9. The van der Waals surface area contributed by atoms with Crippen LogP contribution >= 0.6 is 0 Å². The number of carbonyl (C=O) groups is 2. The van der Waals surface area contributed by atoms with E-state index in [0.717, 1.165) is 37.9 Å². The van der Waals surface area contributed by atoms with Crippen LogP contribution in [0.2, 0.25) is 0 Å². The van der Waals surface area contributed by atoms with Gasteiger partial charge in [-0.25, -0.2) is 14.6 Å². The van der Waals surface area contributed by atoms with Gasteiger partial charge in [0, 0.05) is 6.54 Å². The molecule has 1 unspecified atom stereocenters. The fourth-order valence-corrected chi connectivity index (χ4v) is 4.13. The number of ether oxygens (including phenoxy) is 4. The number of piperidine rings is 1. The quantitative estimate of drug-likeness (QED) is 0.246. The maximum atomic E-state index is 12.7. The van der Waals surface area contributed by atoms with Crippen molar-refractivity contribution in [2.45, 2.75) is 45.2 Å². The number of hydrogen-bond donors (Lipinski definition) is 1. The van der Waals surface area contributed by atoms with Crippen LogP contribution in [0.3, 0.4) is 0 Å². The number of nitrogens with zero attached hydrogens (tertiary/aromatic N) is 2. The molecule has 2 heterocycles. The van der Waals surface area contributed by atoms with E-state index < -0.39 is 12.1 Å². The van der Waals surface area contributed by atoms with Gasteiger partial charge in [0.05, 0.1) is 25.6 Å². The Balaban J connectivity index is 1.49. The molecule has 200 valence electrons. The van der Waals surface area contributed by atoms with Gasteiger partial charge in [-0.1, -0.05) is 31.5 Å². The highest BCUT2D eigenvalue weighted by atomic mass is 16.5. The molecule has 1 amide bonds. The van der Waals surface area contributed by atoms with Crippen LogP contribution in [-0.2, 0) is 9.47 Å². The summed E-state index contributed by atoms with van der Waals surface area (Å²) in [5, 5.41) is 2.94. The van der Waals surface area contributed by atoms with E-state index in [9.17, 15) is 9.59 Å². The van der Waals surface area contributed by atoms with Crippen LogP contribution in [0.5, 0.6) is 23.1 Å². The molecule has 9 nitrogen and oxygen atoms in total. The lowest BCUT2D eigenvalue weighted by Gasteiger charge is -2.37. The van der Waals surface area contributed by atoms with Crippen LogP contribution in [0.1, 0.15) is 49.4 Å². The molecular weight excluding hydrogens is 486 g/mol. The largest absolute Gasteiger partial charge is 0.465 e. The van der Waals surface area contributed by atoms with Crippen molar-refractivity contribution in [2.75, 3.05) is 25.2 Å². The minimum atomic E-state index is -0.570. The molecule has 0 spiro atoms. The summed E-state index contributed by atoms with van der Waals surface area (Å²) in [6, 6.07) is 18.2. The number of amides is 1. The second kappa shape index (κ2) is 13.3. The maximum Gasteiger partial charge on any atom is 0.408 e. The van der Waals surface area contributed by atoms with Crippen molar-refractivity contribution in [1.82, 2.24) is 10.3 Å². The molecule has 2 aromatic carbocycles. The van der Waals surface area contributed by atoms with E-state index in [2.05, 4.69) is 10.3 Å². The summed E-state index contributed by atoms with van der Waals surface area (Å²) in [5.74, 6) is 1.42. The highest BCUT2D eigenvalue weighted by molar-refractivity contribution is 5.93. The molecule has 1 N–H and O–H groups in total. The maximum absolute atomic E-state index is 12.7. The number of carbonyl (C=O) groups excluding carboxylic acids is 2. The van der Waals surface area contributed by atoms with Crippen molar-refractivity contribution in [2.24, 2.45) is 0 Å². The average Bonchev–Trinajstić information content (AvgIpc) is 2.95. The lowest BCUT2D eigenvalue weighted by Crippen LogP contribution is -2.51. The predicted octanol–water partition coefficient (Wildman–Crippen LogP) is 6.30. The zero-order chi connectivity index (χ0) is 26.7. The molecular formula is C29H33N3O6. The minimum Gasteiger partial charge on any atom is -0.465 e. The summed E-state index contributed by atoms with van der Waals surface area (Å²) in [6.45, 7) is 3.12. The van der Waals surface area contributed by atoms with Crippen molar-refractivity contribution in [3.63, 3.8) is 0 Å². The Morgan fingerprint density at radius 1 is 1.00 bits per heavy atom. The summed E-state index contributed by atoms with van der Waals surface area (Å²) in [7, 11) is 1.31. The molecule has 0 bridgehead atoms. The molecule has 0 saturated carbocycles. The molecule has 4 rings (SSSR count). The third-order valence-electron chi connectivity index (χ3n) is 6.11. The Morgan fingerprint density at radius 2 is 1.71 bits per heavy atom. The molecule has 1 saturated heterocycles. The first-order valence-electron chi connectivity index (χ1n) is 12.9. The summed E-state index contributed by atoms with van der Waals surface area (Å²) in [4.78, 5) is 31.4. The number of aromatic nitrogens is 1. The van der Waals surface area contributed by atoms with Gasteiger partial charge < -0.3 is 29.2 Å². The monoisotopic (exact) mass is 519 g/mol. The minimum absolute atomic E-state index is 0.123. The summed E-state index contributed by atoms with van der Waals surface area (Å²) >= 11 is 0. The number of alkyl carbamates (subject to hydrolysis) is 1. The van der Waals surface area contributed by atoms with E-state index in [-0.39, 0.29) is 17.6 Å². The molecule has 0 aliphatic carbocycles. The zero-order valence-corrected chi connectivity index (χ0v) is 21.7. The lowest BCUT2D eigenvalue weighted by molar-refractivity contribution is 0.0597. The van der Waals surface area contributed by atoms with Gasteiger partial charge in [-0.2, -0.15) is 0 Å². The topological polar surface area (TPSA) is 99.2 Å². The lowest BCUT2D eigenvalue weighted by atomic mass is 10.1.